The van der Waals surface area contributed by atoms with E-state index in [1.807, 2.05) is 39.3 Å². The molecule has 2 heterocycles. The molecule has 7 nitrogen and oxygen atoms in total. The molecule has 3 amide bonds. The van der Waals surface area contributed by atoms with Crippen molar-refractivity contribution in [3.05, 3.63) is 11.6 Å². The minimum Gasteiger partial charge on any atom is -0.347 e. The lowest BCUT2D eigenvalue weighted by atomic mass is 10.1. The second-order valence-corrected chi connectivity index (χ2v) is 7.93. The second-order valence-electron chi connectivity index (χ2n) is 7.06. The number of imide groups is 1. The Morgan fingerprint density at radius 1 is 1.25 bits per heavy atom. The number of carbonyl (C=O) groups is 2. The molecule has 24 heavy (non-hydrogen) atoms. The van der Waals surface area contributed by atoms with Gasteiger partial charge < -0.3 is 10.2 Å². The van der Waals surface area contributed by atoms with Crippen LogP contribution in [0.3, 0.4) is 0 Å². The minimum atomic E-state index is -0.446. The molecule has 0 spiro atoms. The minimum absolute atomic E-state index is 0.264. The molecule has 1 aliphatic rings. The number of carbonyl (C=O) groups excluding carboxylic acids is 2. The molecule has 0 aromatic carbocycles. The van der Waals surface area contributed by atoms with Crippen LogP contribution in [-0.4, -0.2) is 59.6 Å². The number of amides is 3. The van der Waals surface area contributed by atoms with Gasteiger partial charge in [0, 0.05) is 43.3 Å². The zero-order valence-electron chi connectivity index (χ0n) is 14.8. The number of nitrogens with one attached hydrogen (secondary N) is 2. The maximum Gasteiger partial charge on any atom is 0.321 e. The summed E-state index contributed by atoms with van der Waals surface area (Å²) in [4.78, 5) is 32.9. The predicted molar refractivity (Wildman–Crippen MR) is 96.4 cm³/mol. The van der Waals surface area contributed by atoms with Gasteiger partial charge in [0.1, 0.15) is 0 Å². The van der Waals surface area contributed by atoms with E-state index in [9.17, 15) is 9.59 Å². The van der Waals surface area contributed by atoms with Crippen molar-refractivity contribution < 1.29 is 9.59 Å². The van der Waals surface area contributed by atoms with Crippen molar-refractivity contribution in [1.82, 2.24) is 20.5 Å². The number of anilines is 1. The summed E-state index contributed by atoms with van der Waals surface area (Å²) in [6.07, 6.45) is 2.78. The molecule has 2 rings (SSSR count). The third kappa shape index (κ3) is 5.45. The number of thiazole rings is 1. The Morgan fingerprint density at radius 2 is 2.00 bits per heavy atom. The van der Waals surface area contributed by atoms with Gasteiger partial charge in [-0.2, -0.15) is 0 Å². The Labute approximate surface area is 147 Å². The van der Waals surface area contributed by atoms with Gasteiger partial charge in [-0.15, -0.1) is 11.3 Å². The van der Waals surface area contributed by atoms with Gasteiger partial charge in [-0.05, 0) is 34.1 Å². The summed E-state index contributed by atoms with van der Waals surface area (Å²) < 4.78 is 0. The Bertz CT molecular complexity index is 555. The second kappa shape index (κ2) is 7.94. The smallest absolute Gasteiger partial charge is 0.321 e. The number of nitrogens with zero attached hydrogens (tertiary/aromatic N) is 3. The lowest BCUT2D eigenvalue weighted by Crippen LogP contribution is -2.53. The molecule has 1 aliphatic heterocycles. The molecule has 1 unspecified atom stereocenters. The first-order valence-electron chi connectivity index (χ1n) is 8.28. The molecule has 0 aliphatic carbocycles. The van der Waals surface area contributed by atoms with Crippen molar-refractivity contribution in [1.29, 1.82) is 0 Å². The predicted octanol–water partition coefficient (Wildman–Crippen LogP) is 1.67. The molecule has 0 radical (unpaired) electrons. The Morgan fingerprint density at radius 3 is 2.62 bits per heavy atom. The average Bonchev–Trinajstić information content (AvgIpc) is 2.89. The summed E-state index contributed by atoms with van der Waals surface area (Å²) in [6, 6.07) is -0.787. The van der Waals surface area contributed by atoms with Crippen LogP contribution in [0.1, 0.15) is 34.1 Å². The molecule has 1 atom stereocenters. The summed E-state index contributed by atoms with van der Waals surface area (Å²) in [5.74, 6) is -0.264. The summed E-state index contributed by atoms with van der Waals surface area (Å²) in [6.45, 7) is 10.8. The summed E-state index contributed by atoms with van der Waals surface area (Å²) in [5.41, 5.74) is -0.371. The molecule has 2 N–H and O–H groups in total. The quantitative estimate of drug-likeness (QED) is 0.864. The maximum absolute atomic E-state index is 12.3. The lowest BCUT2D eigenvalue weighted by molar-refractivity contribution is -0.124. The van der Waals surface area contributed by atoms with Crippen molar-refractivity contribution in [2.75, 3.05) is 31.1 Å². The molecule has 1 saturated heterocycles. The fourth-order valence-corrected chi connectivity index (χ4v) is 3.34. The fraction of sp³-hybridized carbons (Fsp3) is 0.688. The molecule has 1 fully saturated rings. The number of urea groups is 1. The van der Waals surface area contributed by atoms with E-state index in [0.717, 1.165) is 37.7 Å². The largest absolute Gasteiger partial charge is 0.347 e. The van der Waals surface area contributed by atoms with Crippen LogP contribution in [0.5, 0.6) is 0 Å². The molecule has 0 bridgehead atoms. The normalized spacial score (nSPS) is 17.9. The van der Waals surface area contributed by atoms with Crippen LogP contribution in [0.2, 0.25) is 0 Å². The zero-order valence-corrected chi connectivity index (χ0v) is 15.7. The van der Waals surface area contributed by atoms with Crippen molar-refractivity contribution in [3.8, 4) is 0 Å². The summed E-state index contributed by atoms with van der Waals surface area (Å²) >= 11 is 1.63. The molecular weight excluding hydrogens is 326 g/mol. The third-order valence-corrected chi connectivity index (χ3v) is 4.70. The number of hydrogen-bond acceptors (Lipinski definition) is 6. The highest BCUT2D eigenvalue weighted by Crippen LogP contribution is 2.19. The van der Waals surface area contributed by atoms with Gasteiger partial charge in [-0.3, -0.25) is 15.0 Å². The van der Waals surface area contributed by atoms with E-state index >= 15 is 0 Å². The Balaban J connectivity index is 1.86. The molecule has 1 aromatic rings. The molecular formula is C16H27N5O2S. The van der Waals surface area contributed by atoms with Crippen LogP contribution in [0.25, 0.3) is 0 Å². The van der Waals surface area contributed by atoms with Crippen LogP contribution >= 0.6 is 11.3 Å². The average molecular weight is 353 g/mol. The van der Waals surface area contributed by atoms with Gasteiger partial charge in [0.25, 0.3) is 0 Å². The van der Waals surface area contributed by atoms with E-state index in [4.69, 9.17) is 0 Å². The van der Waals surface area contributed by atoms with Crippen molar-refractivity contribution in [2.24, 2.45) is 0 Å². The van der Waals surface area contributed by atoms with Crippen LogP contribution in [0.4, 0.5) is 9.93 Å². The first kappa shape index (κ1) is 18.7. The van der Waals surface area contributed by atoms with Gasteiger partial charge in [0.15, 0.2) is 5.13 Å². The van der Waals surface area contributed by atoms with Gasteiger partial charge in [0.05, 0.1) is 6.04 Å². The van der Waals surface area contributed by atoms with Gasteiger partial charge in [-0.25, -0.2) is 9.78 Å². The summed E-state index contributed by atoms with van der Waals surface area (Å²) in [7, 11) is 0. The topological polar surface area (TPSA) is 77.6 Å². The highest BCUT2D eigenvalue weighted by Gasteiger charge is 2.26. The number of aromatic nitrogens is 1. The van der Waals surface area contributed by atoms with Crippen LogP contribution in [-0.2, 0) is 4.79 Å². The van der Waals surface area contributed by atoms with E-state index in [1.54, 1.807) is 11.3 Å². The molecule has 8 heteroatoms. The SMILES string of the molecule is CC(C(=O)NC(=O)NC(C)(C)C)N1CCCN(c2nccs2)CC1. The van der Waals surface area contributed by atoms with Crippen LogP contribution in [0, 0.1) is 0 Å². The lowest BCUT2D eigenvalue weighted by Gasteiger charge is -2.27. The van der Waals surface area contributed by atoms with Gasteiger partial charge in [-0.1, -0.05) is 0 Å². The highest BCUT2D eigenvalue weighted by atomic mass is 32.1. The summed E-state index contributed by atoms with van der Waals surface area (Å²) in [5, 5.41) is 8.18. The first-order chi connectivity index (χ1) is 11.3. The van der Waals surface area contributed by atoms with E-state index in [2.05, 4.69) is 25.4 Å². The standard InChI is InChI=1S/C16H27N5O2S/c1-12(13(22)18-14(23)19-16(2,3)4)20-7-5-8-21(10-9-20)15-17-6-11-24-15/h6,11-12H,5,7-10H2,1-4H3,(H2,18,19,22,23). The number of hydrogen-bond donors (Lipinski definition) is 2. The fourth-order valence-electron chi connectivity index (χ4n) is 2.64. The Hall–Kier alpha value is -1.67. The van der Waals surface area contributed by atoms with E-state index < -0.39 is 6.03 Å². The molecule has 134 valence electrons. The van der Waals surface area contributed by atoms with Crippen LogP contribution < -0.4 is 15.5 Å². The molecule has 1 aromatic heterocycles. The third-order valence-electron chi connectivity index (χ3n) is 3.87. The van der Waals surface area contributed by atoms with Crippen molar-refractivity contribution in [3.63, 3.8) is 0 Å². The van der Waals surface area contributed by atoms with E-state index in [0.29, 0.717) is 0 Å². The van der Waals surface area contributed by atoms with Crippen LogP contribution in [0.15, 0.2) is 11.6 Å². The van der Waals surface area contributed by atoms with E-state index in [-0.39, 0.29) is 17.5 Å². The number of rotatable bonds is 3. The molecule has 0 saturated carbocycles. The monoisotopic (exact) mass is 353 g/mol. The van der Waals surface area contributed by atoms with Crippen molar-refractivity contribution >= 4 is 28.4 Å². The first-order valence-corrected chi connectivity index (χ1v) is 9.16. The highest BCUT2D eigenvalue weighted by molar-refractivity contribution is 7.13. The maximum atomic E-state index is 12.3. The Kier molecular flexibility index (Phi) is 6.17. The van der Waals surface area contributed by atoms with Gasteiger partial charge >= 0.3 is 6.03 Å². The van der Waals surface area contributed by atoms with Gasteiger partial charge in [0.2, 0.25) is 5.91 Å². The van der Waals surface area contributed by atoms with E-state index in [1.165, 1.54) is 0 Å². The zero-order chi connectivity index (χ0) is 17.7. The van der Waals surface area contributed by atoms with Crippen molar-refractivity contribution in [2.45, 2.75) is 45.7 Å².